The van der Waals surface area contributed by atoms with Crippen molar-refractivity contribution in [2.24, 2.45) is 0 Å². The Bertz CT molecular complexity index is 779. The van der Waals surface area contributed by atoms with Crippen molar-refractivity contribution in [1.82, 2.24) is 0 Å². The molecule has 0 unspecified atom stereocenters. The molecule has 3 rings (SSSR count). The number of carbonyl (C=O) groups is 1. The van der Waals surface area contributed by atoms with Gasteiger partial charge in [0.1, 0.15) is 6.29 Å². The summed E-state index contributed by atoms with van der Waals surface area (Å²) in [6.07, 6.45) is 0.804. The average Bonchev–Trinajstić information content (AvgIpc) is 2.55. The maximum Gasteiger partial charge on any atom is 0.150 e. The molecular formula is C19H13ClO. The van der Waals surface area contributed by atoms with Gasteiger partial charge in [-0.15, -0.1) is 0 Å². The Labute approximate surface area is 128 Å². The molecule has 0 saturated heterocycles. The van der Waals surface area contributed by atoms with E-state index in [1.807, 2.05) is 42.5 Å². The van der Waals surface area contributed by atoms with Crippen LogP contribution < -0.4 is 0 Å². The first-order valence-corrected chi connectivity index (χ1v) is 7.07. The average molecular weight is 293 g/mol. The van der Waals surface area contributed by atoms with Crippen molar-refractivity contribution in [1.29, 1.82) is 0 Å². The van der Waals surface area contributed by atoms with Crippen molar-refractivity contribution in [3.8, 4) is 22.3 Å². The lowest BCUT2D eigenvalue weighted by molar-refractivity contribution is 0.112. The zero-order chi connectivity index (χ0) is 14.7. The molecule has 2 heteroatoms. The second kappa shape index (κ2) is 5.94. The van der Waals surface area contributed by atoms with Crippen LogP contribution in [0.3, 0.4) is 0 Å². The normalized spacial score (nSPS) is 10.3. The molecule has 0 bridgehead atoms. The Morgan fingerprint density at radius 1 is 0.714 bits per heavy atom. The van der Waals surface area contributed by atoms with Crippen LogP contribution in [0.4, 0.5) is 0 Å². The third kappa shape index (κ3) is 2.74. The molecule has 102 valence electrons. The van der Waals surface area contributed by atoms with Crippen LogP contribution in [0, 0.1) is 0 Å². The van der Waals surface area contributed by atoms with Gasteiger partial charge in [-0.1, -0.05) is 78.3 Å². The maximum absolute atomic E-state index is 10.8. The molecule has 0 aliphatic carbocycles. The van der Waals surface area contributed by atoms with Crippen molar-refractivity contribution in [2.45, 2.75) is 0 Å². The number of carbonyl (C=O) groups excluding carboxylic acids is 1. The van der Waals surface area contributed by atoms with Gasteiger partial charge in [0, 0.05) is 16.1 Å². The molecule has 0 N–H and O–H groups in total. The van der Waals surface area contributed by atoms with Crippen LogP contribution in [-0.4, -0.2) is 6.29 Å². The van der Waals surface area contributed by atoms with Crippen LogP contribution in [0.2, 0.25) is 5.02 Å². The molecule has 0 heterocycles. The van der Waals surface area contributed by atoms with Gasteiger partial charge in [0.25, 0.3) is 0 Å². The largest absolute Gasteiger partial charge is 0.298 e. The van der Waals surface area contributed by atoms with Gasteiger partial charge in [-0.2, -0.15) is 0 Å². The Hall–Kier alpha value is -2.38. The highest BCUT2D eigenvalue weighted by molar-refractivity contribution is 6.33. The summed E-state index contributed by atoms with van der Waals surface area (Å²) in [5.41, 5.74) is 4.84. The zero-order valence-corrected chi connectivity index (χ0v) is 12.0. The van der Waals surface area contributed by atoms with Gasteiger partial charge in [0.05, 0.1) is 0 Å². The van der Waals surface area contributed by atoms with Crippen LogP contribution >= 0.6 is 11.6 Å². The molecule has 0 aromatic heterocycles. The van der Waals surface area contributed by atoms with Crippen molar-refractivity contribution >= 4 is 17.9 Å². The van der Waals surface area contributed by atoms with Crippen LogP contribution in [0.5, 0.6) is 0 Å². The first-order chi connectivity index (χ1) is 10.3. The van der Waals surface area contributed by atoms with Gasteiger partial charge in [0.2, 0.25) is 0 Å². The maximum atomic E-state index is 10.8. The van der Waals surface area contributed by atoms with Crippen LogP contribution in [0.1, 0.15) is 10.4 Å². The Kier molecular flexibility index (Phi) is 3.85. The SMILES string of the molecule is O=Cc1ccc(-c2ccccc2-c2ccccc2)c(Cl)c1. The topological polar surface area (TPSA) is 17.1 Å². The molecule has 0 aliphatic heterocycles. The van der Waals surface area contributed by atoms with E-state index >= 15 is 0 Å². The Balaban J connectivity index is 2.18. The van der Waals surface area contributed by atoms with E-state index in [1.54, 1.807) is 12.1 Å². The van der Waals surface area contributed by atoms with E-state index in [4.69, 9.17) is 11.6 Å². The molecule has 21 heavy (non-hydrogen) atoms. The van der Waals surface area contributed by atoms with E-state index in [1.165, 1.54) is 0 Å². The van der Waals surface area contributed by atoms with Gasteiger partial charge in [-0.25, -0.2) is 0 Å². The predicted octanol–water partition coefficient (Wildman–Crippen LogP) is 5.49. The second-order valence-corrected chi connectivity index (χ2v) is 5.18. The molecule has 0 saturated carbocycles. The third-order valence-electron chi connectivity index (χ3n) is 3.43. The molecule has 0 radical (unpaired) electrons. The lowest BCUT2D eigenvalue weighted by atomic mass is 9.94. The van der Waals surface area contributed by atoms with Gasteiger partial charge in [0.15, 0.2) is 0 Å². The minimum absolute atomic E-state index is 0.584. The summed E-state index contributed by atoms with van der Waals surface area (Å²) in [6, 6.07) is 23.7. The molecule has 0 spiro atoms. The summed E-state index contributed by atoms with van der Waals surface area (Å²) in [5.74, 6) is 0. The highest BCUT2D eigenvalue weighted by atomic mass is 35.5. The number of hydrogen-bond acceptors (Lipinski definition) is 1. The predicted molar refractivity (Wildman–Crippen MR) is 87.7 cm³/mol. The fourth-order valence-corrected chi connectivity index (χ4v) is 2.70. The van der Waals surface area contributed by atoms with Crippen molar-refractivity contribution in [3.63, 3.8) is 0 Å². The second-order valence-electron chi connectivity index (χ2n) is 4.77. The van der Waals surface area contributed by atoms with Gasteiger partial charge < -0.3 is 0 Å². The summed E-state index contributed by atoms with van der Waals surface area (Å²) in [5, 5.41) is 0.586. The highest BCUT2D eigenvalue weighted by Crippen LogP contribution is 2.36. The highest BCUT2D eigenvalue weighted by Gasteiger charge is 2.10. The van der Waals surface area contributed by atoms with Crippen molar-refractivity contribution in [3.05, 3.63) is 83.4 Å². The number of hydrogen-bond donors (Lipinski definition) is 0. The van der Waals surface area contributed by atoms with Crippen LogP contribution in [0.15, 0.2) is 72.8 Å². The number of aldehydes is 1. The van der Waals surface area contributed by atoms with Crippen molar-refractivity contribution < 1.29 is 4.79 Å². The molecular weight excluding hydrogens is 280 g/mol. The number of benzene rings is 3. The number of halogens is 1. The fourth-order valence-electron chi connectivity index (χ4n) is 2.41. The lowest BCUT2D eigenvalue weighted by Gasteiger charge is -2.11. The Morgan fingerprint density at radius 2 is 1.38 bits per heavy atom. The van der Waals surface area contributed by atoms with E-state index in [-0.39, 0.29) is 0 Å². The summed E-state index contributed by atoms with van der Waals surface area (Å²) in [6.45, 7) is 0. The van der Waals surface area contributed by atoms with E-state index in [2.05, 4.69) is 18.2 Å². The van der Waals surface area contributed by atoms with Crippen molar-refractivity contribution in [2.75, 3.05) is 0 Å². The monoisotopic (exact) mass is 292 g/mol. The smallest absolute Gasteiger partial charge is 0.150 e. The van der Waals surface area contributed by atoms with E-state index < -0.39 is 0 Å². The third-order valence-corrected chi connectivity index (χ3v) is 3.74. The fraction of sp³-hybridized carbons (Fsp3) is 0. The minimum atomic E-state index is 0.584. The van der Waals surface area contributed by atoms with E-state index in [0.717, 1.165) is 28.5 Å². The van der Waals surface area contributed by atoms with Gasteiger partial charge in [-0.05, 0) is 22.8 Å². The quantitative estimate of drug-likeness (QED) is 0.584. The molecule has 0 aliphatic rings. The summed E-state index contributed by atoms with van der Waals surface area (Å²) >= 11 is 6.34. The molecule has 0 atom stereocenters. The first kappa shape index (κ1) is 13.6. The molecule has 0 amide bonds. The number of rotatable bonds is 3. The van der Waals surface area contributed by atoms with Crippen LogP contribution in [-0.2, 0) is 0 Å². The zero-order valence-electron chi connectivity index (χ0n) is 11.3. The van der Waals surface area contributed by atoms with Gasteiger partial charge >= 0.3 is 0 Å². The molecule has 3 aromatic rings. The van der Waals surface area contributed by atoms with Gasteiger partial charge in [-0.3, -0.25) is 4.79 Å². The Morgan fingerprint density at radius 3 is 2.05 bits per heavy atom. The molecule has 1 nitrogen and oxygen atoms in total. The summed E-state index contributed by atoms with van der Waals surface area (Å²) in [4.78, 5) is 10.8. The standard InChI is InChI=1S/C19H13ClO/c20-19-12-14(13-21)10-11-18(19)17-9-5-4-8-16(17)15-6-2-1-3-7-15/h1-13H. The summed E-state index contributed by atoms with van der Waals surface area (Å²) in [7, 11) is 0. The van der Waals surface area contributed by atoms with Crippen LogP contribution in [0.25, 0.3) is 22.3 Å². The minimum Gasteiger partial charge on any atom is -0.298 e. The molecule has 3 aromatic carbocycles. The molecule has 0 fully saturated rings. The first-order valence-electron chi connectivity index (χ1n) is 6.69. The summed E-state index contributed by atoms with van der Waals surface area (Å²) < 4.78 is 0. The lowest BCUT2D eigenvalue weighted by Crippen LogP contribution is -1.87. The van der Waals surface area contributed by atoms with E-state index in [9.17, 15) is 4.79 Å². The van der Waals surface area contributed by atoms with E-state index in [0.29, 0.717) is 10.6 Å².